The average Bonchev–Trinajstić information content (AvgIpc) is 4.06. The van der Waals surface area contributed by atoms with Crippen molar-refractivity contribution in [1.29, 1.82) is 0 Å². The Morgan fingerprint density at radius 2 is 0.775 bits per heavy atom. The number of hydrogen-bond acceptors (Lipinski definition) is 9. The Labute approximate surface area is 486 Å². The Bertz CT molecular complexity index is 3230. The summed E-state index contributed by atoms with van der Waals surface area (Å²) in [7, 11) is 11.4. The summed E-state index contributed by atoms with van der Waals surface area (Å²) in [4.78, 5) is 18.0. The van der Waals surface area contributed by atoms with E-state index >= 15 is 0 Å². The Morgan fingerprint density at radius 3 is 1.13 bits per heavy atom. The normalized spacial score (nSPS) is 16.3. The number of nitrogens with zero attached hydrogens (tertiary/aromatic N) is 2. The van der Waals surface area contributed by atoms with Crippen LogP contribution in [0.1, 0.15) is 45.0 Å². The van der Waals surface area contributed by atoms with Gasteiger partial charge in [0.15, 0.2) is 5.60 Å². The molecule has 0 aliphatic carbocycles. The molecule has 6 aromatic rings. The maximum absolute atomic E-state index is 6.97. The number of aromatic nitrogens is 2. The minimum Gasteiger partial charge on any atom is -0.497 e. The lowest BCUT2D eigenvalue weighted by molar-refractivity contribution is -0.160. The molecule has 0 spiro atoms. The van der Waals surface area contributed by atoms with Crippen molar-refractivity contribution in [3.63, 3.8) is 0 Å². The van der Waals surface area contributed by atoms with Gasteiger partial charge in [-0.3, -0.25) is 0 Å². The quantitative estimate of drug-likeness (QED) is 0.0926. The number of allylic oxidation sites excluding steroid dienone is 3. The Kier molecular flexibility index (Phi) is 17.3. The molecule has 20 heteroatoms. The van der Waals surface area contributed by atoms with Crippen molar-refractivity contribution in [2.24, 2.45) is 9.98 Å². The number of methoxy groups -OCH3 is 7. The minimum absolute atomic E-state index is 0.466. The van der Waals surface area contributed by atoms with Crippen molar-refractivity contribution in [3.05, 3.63) is 189 Å². The number of aliphatic imine (C=N–C) groups is 2. The standard InChI is InChI=1S/C51H39Br9N4O7/c1-65-28-16-8-24(9-17-28)32(44-36(54)40(58)48(63-44)51(70-6,71-7)27-14-22-31(68-4)23-15-27)42-34(52)38(56)46(61-42)50(69-5,26-12-20-30(67-3)21-13-26)47-39(57)35(53)43(62-47)33(25-10-18-29(66-2)19-11-25)45-37(55)41(59)49(60)64-45/h8-23,61-62H,1-7H3/b44-32+,45-33-/t50-/m0/s1. The predicted molar refractivity (Wildman–Crippen MR) is 313 cm³/mol. The third-order valence-corrected chi connectivity index (χ3v) is 21.5. The van der Waals surface area contributed by atoms with Gasteiger partial charge >= 0.3 is 0 Å². The highest BCUT2D eigenvalue weighted by Crippen LogP contribution is 2.54. The summed E-state index contributed by atoms with van der Waals surface area (Å²) in [5.74, 6) is 1.29. The molecule has 0 amide bonds. The number of nitrogens with one attached hydrogen (secondary N) is 2. The van der Waals surface area contributed by atoms with E-state index in [1.807, 2.05) is 97.1 Å². The van der Waals surface area contributed by atoms with Crippen molar-refractivity contribution in [3.8, 4) is 23.0 Å². The van der Waals surface area contributed by atoms with Crippen LogP contribution in [0.3, 0.4) is 0 Å². The molecule has 2 aliphatic heterocycles. The van der Waals surface area contributed by atoms with Crippen LogP contribution in [0, 0.1) is 0 Å². The summed E-state index contributed by atoms with van der Waals surface area (Å²) < 4.78 is 48.0. The summed E-state index contributed by atoms with van der Waals surface area (Å²) in [6, 6.07) is 30.8. The molecular weight excluding hydrogens is 1500 g/mol. The van der Waals surface area contributed by atoms with Gasteiger partial charge in [0.05, 0.1) is 98.4 Å². The fourth-order valence-corrected chi connectivity index (χ4v) is 13.0. The van der Waals surface area contributed by atoms with E-state index in [4.69, 9.17) is 43.1 Å². The molecule has 368 valence electrons. The lowest BCUT2D eigenvalue weighted by atomic mass is 9.87. The second-order valence-corrected chi connectivity index (χ2v) is 22.5. The molecule has 0 bridgehead atoms. The second kappa shape index (κ2) is 22.5. The summed E-state index contributed by atoms with van der Waals surface area (Å²) in [6.07, 6.45) is 0. The van der Waals surface area contributed by atoms with Crippen molar-refractivity contribution in [2.45, 2.75) is 11.4 Å². The number of aromatic amines is 2. The lowest BCUT2D eigenvalue weighted by Crippen LogP contribution is -2.39. The smallest absolute Gasteiger partial charge is 0.240 e. The van der Waals surface area contributed by atoms with Crippen LogP contribution in [-0.2, 0) is 25.6 Å². The molecule has 0 radical (unpaired) electrons. The van der Waals surface area contributed by atoms with Gasteiger partial charge in [-0.15, -0.1) is 0 Å². The zero-order valence-electron chi connectivity index (χ0n) is 38.4. The SMILES string of the molecule is COc1ccc(/C(=C2/N=C(Br)C(Br)=C2Br)c2[nH]c([C@](OC)(c3ccc(OC)cc3)c3[nH]c(/C(=C4/N=C(C(OC)(OC)c5ccc(OC)cc5)C(Br)=C4Br)c4ccc(OC)cc4)c(Br)c3Br)c(Br)c2Br)cc1. The van der Waals surface area contributed by atoms with Crippen molar-refractivity contribution >= 4 is 165 Å². The fraction of sp³-hybridized carbons (Fsp3) is 0.176. The molecule has 4 aromatic carbocycles. The van der Waals surface area contributed by atoms with Gasteiger partial charge in [-0.1, -0.05) is 36.4 Å². The Hall–Kier alpha value is -2.86. The fourth-order valence-electron chi connectivity index (χ4n) is 8.43. The molecule has 1 atom stereocenters. The van der Waals surface area contributed by atoms with E-state index in [9.17, 15) is 0 Å². The van der Waals surface area contributed by atoms with E-state index in [1.165, 1.54) is 0 Å². The highest BCUT2D eigenvalue weighted by Gasteiger charge is 2.47. The van der Waals surface area contributed by atoms with Crippen LogP contribution in [0.4, 0.5) is 0 Å². The first-order chi connectivity index (χ1) is 34.1. The van der Waals surface area contributed by atoms with Crippen LogP contribution < -0.4 is 18.9 Å². The third-order valence-electron chi connectivity index (χ3n) is 12.0. The first-order valence-corrected chi connectivity index (χ1v) is 28.1. The molecule has 4 heterocycles. The summed E-state index contributed by atoms with van der Waals surface area (Å²) >= 11 is 35.2. The van der Waals surface area contributed by atoms with Crippen LogP contribution in [0.5, 0.6) is 23.0 Å². The lowest BCUT2D eigenvalue weighted by Gasteiger charge is -2.33. The van der Waals surface area contributed by atoms with Crippen LogP contribution in [0.15, 0.2) is 154 Å². The average molecular weight is 1540 g/mol. The van der Waals surface area contributed by atoms with Gasteiger partial charge in [0, 0.05) is 38.0 Å². The molecule has 2 N–H and O–H groups in total. The topological polar surface area (TPSA) is 121 Å². The highest BCUT2D eigenvalue weighted by atomic mass is 79.9. The maximum atomic E-state index is 6.97. The van der Waals surface area contributed by atoms with E-state index in [-0.39, 0.29) is 0 Å². The summed E-state index contributed by atoms with van der Waals surface area (Å²) in [6.45, 7) is 0. The number of rotatable bonds is 16. The number of H-pyrrole nitrogens is 2. The van der Waals surface area contributed by atoms with E-state index in [2.05, 4.69) is 153 Å². The van der Waals surface area contributed by atoms with E-state index < -0.39 is 11.4 Å². The van der Waals surface area contributed by atoms with Crippen LogP contribution in [-0.4, -0.2) is 70.1 Å². The summed E-state index contributed by atoms with van der Waals surface area (Å²) in [5.41, 5.74) is 7.47. The maximum Gasteiger partial charge on any atom is 0.240 e. The van der Waals surface area contributed by atoms with Crippen LogP contribution in [0.2, 0.25) is 0 Å². The van der Waals surface area contributed by atoms with Crippen molar-refractivity contribution < 1.29 is 33.2 Å². The van der Waals surface area contributed by atoms with Gasteiger partial charge in [-0.05, 0) is 221 Å². The number of hydrogen-bond donors (Lipinski definition) is 2. The van der Waals surface area contributed by atoms with Crippen molar-refractivity contribution in [1.82, 2.24) is 9.97 Å². The van der Waals surface area contributed by atoms with Gasteiger partial charge in [-0.2, -0.15) is 0 Å². The molecular formula is C51H39Br9N4O7. The van der Waals surface area contributed by atoms with Crippen LogP contribution in [0.25, 0.3) is 11.1 Å². The van der Waals surface area contributed by atoms with Crippen molar-refractivity contribution in [2.75, 3.05) is 49.8 Å². The summed E-state index contributed by atoms with van der Waals surface area (Å²) in [5, 5.41) is 0. The first kappa shape index (κ1) is 54.4. The van der Waals surface area contributed by atoms with E-state index in [0.29, 0.717) is 105 Å². The number of halogens is 9. The minimum atomic E-state index is -1.44. The van der Waals surface area contributed by atoms with E-state index in [1.54, 1.807) is 49.8 Å². The van der Waals surface area contributed by atoms with Gasteiger partial charge in [0.25, 0.3) is 0 Å². The van der Waals surface area contributed by atoms with Gasteiger partial charge < -0.3 is 43.1 Å². The monoisotopic (exact) mass is 1530 g/mol. The molecule has 71 heavy (non-hydrogen) atoms. The van der Waals surface area contributed by atoms with E-state index in [0.717, 1.165) is 31.2 Å². The molecule has 2 aromatic heterocycles. The Morgan fingerprint density at radius 1 is 0.408 bits per heavy atom. The largest absolute Gasteiger partial charge is 0.497 e. The third kappa shape index (κ3) is 9.61. The molecule has 0 saturated heterocycles. The number of ether oxygens (including phenoxy) is 7. The molecule has 0 fully saturated rings. The molecule has 0 unspecified atom stereocenters. The number of benzene rings is 4. The van der Waals surface area contributed by atoms with Gasteiger partial charge in [0.2, 0.25) is 5.79 Å². The predicted octanol–water partition coefficient (Wildman–Crippen LogP) is 16.3. The van der Waals surface area contributed by atoms with Crippen LogP contribution >= 0.6 is 143 Å². The van der Waals surface area contributed by atoms with Gasteiger partial charge in [-0.25, -0.2) is 9.98 Å². The zero-order valence-corrected chi connectivity index (χ0v) is 52.7. The highest BCUT2D eigenvalue weighted by molar-refractivity contribution is 9.21. The zero-order chi connectivity index (χ0) is 51.1. The molecule has 8 rings (SSSR count). The Balaban J connectivity index is 1.43. The molecule has 2 aliphatic rings. The molecule has 11 nitrogen and oxygen atoms in total. The van der Waals surface area contributed by atoms with Gasteiger partial charge in [0.1, 0.15) is 33.3 Å². The first-order valence-electron chi connectivity index (χ1n) is 20.9. The molecule has 0 saturated carbocycles. The second-order valence-electron chi connectivity index (χ2n) is 15.4.